The van der Waals surface area contributed by atoms with Gasteiger partial charge in [-0.05, 0) is 45.1 Å². The standard InChI is InChI=1S/C24H30F2IN2O7P/c1-23(2,3)13-7-14(24(4,5)6)20-12(19(13)26)10-33-37(32,36-20)34-11-17-15(25)8-18(35-17)29-9-16(27)21(30)28-22(29)31/h7,9,15,17-18H,8,10-11H2,1-6H3,(H,28,30,31)/t15-,17+,18+,37-/m0/s1. The molecule has 1 N–H and O–H groups in total. The van der Waals surface area contributed by atoms with E-state index in [2.05, 4.69) is 4.98 Å². The van der Waals surface area contributed by atoms with Crippen LogP contribution in [0.4, 0.5) is 8.78 Å². The third kappa shape index (κ3) is 5.73. The van der Waals surface area contributed by atoms with E-state index in [0.717, 1.165) is 4.57 Å². The highest BCUT2D eigenvalue weighted by atomic mass is 127. The van der Waals surface area contributed by atoms with Crippen LogP contribution in [-0.2, 0) is 35.8 Å². The van der Waals surface area contributed by atoms with Gasteiger partial charge in [-0.1, -0.05) is 41.5 Å². The number of halogens is 3. The van der Waals surface area contributed by atoms with Gasteiger partial charge in [0.05, 0.1) is 22.3 Å². The van der Waals surface area contributed by atoms with Gasteiger partial charge in [0.1, 0.15) is 30.1 Å². The zero-order valence-electron chi connectivity index (χ0n) is 21.4. The quantitative estimate of drug-likeness (QED) is 0.355. The van der Waals surface area contributed by atoms with E-state index in [1.54, 1.807) is 28.7 Å². The van der Waals surface area contributed by atoms with Crippen LogP contribution >= 0.6 is 30.4 Å². The molecule has 1 saturated heterocycles. The molecule has 4 atom stereocenters. The molecule has 1 fully saturated rings. The first-order valence-corrected chi connectivity index (χ1v) is 14.3. The van der Waals surface area contributed by atoms with Gasteiger partial charge in [0.15, 0.2) is 0 Å². The fraction of sp³-hybridized carbons (Fsp3) is 0.583. The molecule has 2 aromatic rings. The van der Waals surface area contributed by atoms with Gasteiger partial charge in [-0.15, -0.1) is 0 Å². The number of phosphoric acid groups is 1. The van der Waals surface area contributed by atoms with Crippen LogP contribution in [0, 0.1) is 9.39 Å². The van der Waals surface area contributed by atoms with Crippen molar-refractivity contribution in [2.45, 2.75) is 83.9 Å². The molecule has 204 valence electrons. The number of benzene rings is 1. The van der Waals surface area contributed by atoms with Gasteiger partial charge in [-0.2, -0.15) is 0 Å². The molecule has 0 amide bonds. The second kappa shape index (κ2) is 9.86. The molecule has 2 aliphatic rings. The van der Waals surface area contributed by atoms with Crippen molar-refractivity contribution in [3.8, 4) is 5.75 Å². The molecule has 0 saturated carbocycles. The number of hydrogen-bond acceptors (Lipinski definition) is 7. The lowest BCUT2D eigenvalue weighted by Crippen LogP contribution is -2.33. The first-order valence-electron chi connectivity index (χ1n) is 11.8. The highest BCUT2D eigenvalue weighted by Gasteiger charge is 2.43. The van der Waals surface area contributed by atoms with Crippen LogP contribution in [0.25, 0.3) is 0 Å². The molecule has 2 aliphatic heterocycles. The molecule has 4 rings (SSSR count). The lowest BCUT2D eigenvalue weighted by Gasteiger charge is -2.33. The summed E-state index contributed by atoms with van der Waals surface area (Å²) in [5.41, 5.74) is -0.976. The number of ether oxygens (including phenoxy) is 1. The first kappa shape index (κ1) is 28.4. The number of rotatable bonds is 4. The number of nitrogens with zero attached hydrogens (tertiary/aromatic N) is 1. The summed E-state index contributed by atoms with van der Waals surface area (Å²) in [6, 6.07) is 1.72. The molecule has 1 aromatic carbocycles. The fourth-order valence-electron chi connectivity index (χ4n) is 4.23. The summed E-state index contributed by atoms with van der Waals surface area (Å²) in [7, 11) is -4.24. The lowest BCUT2D eigenvalue weighted by molar-refractivity contribution is -0.0371. The van der Waals surface area contributed by atoms with Crippen molar-refractivity contribution in [2.24, 2.45) is 0 Å². The van der Waals surface area contributed by atoms with Crippen molar-refractivity contribution in [1.82, 2.24) is 9.55 Å². The van der Waals surface area contributed by atoms with E-state index in [0.29, 0.717) is 11.1 Å². The van der Waals surface area contributed by atoms with E-state index in [9.17, 15) is 18.5 Å². The van der Waals surface area contributed by atoms with Crippen LogP contribution in [0.15, 0.2) is 21.9 Å². The number of fused-ring (bicyclic) bond motifs is 1. The normalized spacial score (nSPS) is 26.1. The van der Waals surface area contributed by atoms with Gasteiger partial charge in [-0.3, -0.25) is 23.4 Å². The minimum atomic E-state index is -4.24. The number of nitrogens with one attached hydrogen (secondary N) is 1. The molecule has 37 heavy (non-hydrogen) atoms. The SMILES string of the molecule is CC(C)(C)c1cc(C(C)(C)C)c2c(c1F)CO[P@@](=O)(OC[C@H]1O[C@@H](n3cc(I)c(=O)[nH]c3=O)C[C@@H]1F)O2. The van der Waals surface area contributed by atoms with Crippen LogP contribution in [0.1, 0.15) is 70.9 Å². The number of H-pyrrole nitrogens is 1. The Balaban J connectivity index is 1.55. The number of alkyl halides is 1. The molecule has 0 bridgehead atoms. The Morgan fingerprint density at radius 3 is 2.46 bits per heavy atom. The smallest absolute Gasteiger partial charge is 0.403 e. The zero-order chi connectivity index (χ0) is 27.5. The second-order valence-electron chi connectivity index (χ2n) is 11.2. The highest BCUT2D eigenvalue weighted by Crippen LogP contribution is 2.58. The van der Waals surface area contributed by atoms with Gasteiger partial charge < -0.3 is 9.26 Å². The zero-order valence-corrected chi connectivity index (χ0v) is 24.4. The minimum Gasteiger partial charge on any atom is -0.403 e. The van der Waals surface area contributed by atoms with E-state index >= 15 is 4.39 Å². The summed E-state index contributed by atoms with van der Waals surface area (Å²) < 4.78 is 67.0. The topological polar surface area (TPSA) is 109 Å². The van der Waals surface area contributed by atoms with Crippen LogP contribution in [0.5, 0.6) is 5.75 Å². The first-order chi connectivity index (χ1) is 17.0. The molecule has 13 heteroatoms. The van der Waals surface area contributed by atoms with Crippen LogP contribution in [0.3, 0.4) is 0 Å². The van der Waals surface area contributed by atoms with E-state index in [4.69, 9.17) is 18.3 Å². The van der Waals surface area contributed by atoms with Crippen molar-refractivity contribution in [1.29, 1.82) is 0 Å². The summed E-state index contributed by atoms with van der Waals surface area (Å²) in [5, 5.41) is 0. The Kier molecular flexibility index (Phi) is 7.57. The average molecular weight is 654 g/mol. The second-order valence-corrected chi connectivity index (χ2v) is 14.0. The summed E-state index contributed by atoms with van der Waals surface area (Å²) in [6.07, 6.45) is -2.62. The predicted molar refractivity (Wildman–Crippen MR) is 140 cm³/mol. The molecule has 0 unspecified atom stereocenters. The molecule has 0 aliphatic carbocycles. The molecular formula is C24H30F2IN2O7P. The Bertz CT molecular complexity index is 1380. The molecule has 3 heterocycles. The third-order valence-electron chi connectivity index (χ3n) is 6.29. The van der Waals surface area contributed by atoms with E-state index in [1.165, 1.54) is 6.20 Å². The summed E-state index contributed by atoms with van der Waals surface area (Å²) in [4.78, 5) is 25.9. The Hall–Kier alpha value is -1.60. The van der Waals surface area contributed by atoms with E-state index in [1.807, 2.05) is 41.5 Å². The Morgan fingerprint density at radius 1 is 1.19 bits per heavy atom. The van der Waals surface area contributed by atoms with Crippen molar-refractivity contribution >= 4 is 30.4 Å². The molecular weight excluding hydrogens is 624 g/mol. The summed E-state index contributed by atoms with van der Waals surface area (Å²) >= 11 is 1.75. The lowest BCUT2D eigenvalue weighted by atomic mass is 9.78. The van der Waals surface area contributed by atoms with Gasteiger partial charge in [-0.25, -0.2) is 18.1 Å². The molecule has 0 radical (unpaired) electrons. The Morgan fingerprint density at radius 2 is 1.84 bits per heavy atom. The average Bonchev–Trinajstić information content (AvgIpc) is 3.13. The van der Waals surface area contributed by atoms with Gasteiger partial charge in [0.25, 0.3) is 5.56 Å². The molecule has 0 spiro atoms. The van der Waals surface area contributed by atoms with Crippen molar-refractivity contribution in [2.75, 3.05) is 6.61 Å². The number of phosphoric ester groups is 1. The predicted octanol–water partition coefficient (Wildman–Crippen LogP) is 5.23. The van der Waals surface area contributed by atoms with Crippen molar-refractivity contribution in [3.63, 3.8) is 0 Å². The monoisotopic (exact) mass is 654 g/mol. The highest BCUT2D eigenvalue weighted by molar-refractivity contribution is 14.1. The maximum absolute atomic E-state index is 15.4. The maximum Gasteiger partial charge on any atom is 0.530 e. The number of aromatic nitrogens is 2. The third-order valence-corrected chi connectivity index (χ3v) is 8.37. The van der Waals surface area contributed by atoms with Crippen LogP contribution in [-0.4, -0.2) is 28.4 Å². The van der Waals surface area contributed by atoms with Crippen LogP contribution in [0.2, 0.25) is 0 Å². The van der Waals surface area contributed by atoms with Gasteiger partial charge in [0.2, 0.25) is 0 Å². The van der Waals surface area contributed by atoms with E-state index < -0.39 is 60.8 Å². The number of aromatic amines is 1. The van der Waals surface area contributed by atoms with Crippen molar-refractivity contribution in [3.05, 3.63) is 59.2 Å². The van der Waals surface area contributed by atoms with Crippen molar-refractivity contribution < 1.29 is 31.7 Å². The molecule has 9 nitrogen and oxygen atoms in total. The van der Waals surface area contributed by atoms with Gasteiger partial charge in [0, 0.05) is 18.2 Å². The summed E-state index contributed by atoms with van der Waals surface area (Å²) in [5.74, 6) is -0.391. The molecule has 1 aromatic heterocycles. The van der Waals surface area contributed by atoms with Gasteiger partial charge >= 0.3 is 13.5 Å². The number of hydrogen-bond donors (Lipinski definition) is 1. The maximum atomic E-state index is 15.4. The minimum absolute atomic E-state index is 0.101. The largest absolute Gasteiger partial charge is 0.530 e. The van der Waals surface area contributed by atoms with E-state index in [-0.39, 0.29) is 27.9 Å². The Labute approximate surface area is 226 Å². The summed E-state index contributed by atoms with van der Waals surface area (Å²) in [6.45, 7) is 10.6. The fourth-order valence-corrected chi connectivity index (χ4v) is 5.89. The van der Waals surface area contributed by atoms with Crippen LogP contribution < -0.4 is 15.8 Å².